The normalized spacial score (nSPS) is 28.8. The summed E-state index contributed by atoms with van der Waals surface area (Å²) in [6.45, 7) is 3.84. The Hall–Kier alpha value is -1.75. The van der Waals surface area contributed by atoms with Crippen molar-refractivity contribution in [2.24, 2.45) is 11.8 Å². The first kappa shape index (κ1) is 20.2. The van der Waals surface area contributed by atoms with Crippen molar-refractivity contribution in [2.75, 3.05) is 13.2 Å². The summed E-state index contributed by atoms with van der Waals surface area (Å²) in [6, 6.07) is 7.62. The molecule has 0 bridgehead atoms. The first-order chi connectivity index (χ1) is 14.6. The summed E-state index contributed by atoms with van der Waals surface area (Å²) in [5, 5.41) is 0.164. The van der Waals surface area contributed by atoms with Gasteiger partial charge < -0.3 is 9.47 Å². The number of rotatable bonds is 4. The zero-order valence-corrected chi connectivity index (χ0v) is 18.0. The zero-order chi connectivity index (χ0) is 20.7. The average molecular weight is 428 g/mol. The molecule has 2 aromatic rings. The number of benzene rings is 1. The van der Waals surface area contributed by atoms with E-state index in [2.05, 4.69) is 18.0 Å². The third-order valence-corrected chi connectivity index (χ3v) is 7.07. The summed E-state index contributed by atoms with van der Waals surface area (Å²) in [7, 11) is 0. The van der Waals surface area contributed by atoms with E-state index in [4.69, 9.17) is 21.1 Å². The fourth-order valence-corrected chi connectivity index (χ4v) is 4.98. The van der Waals surface area contributed by atoms with E-state index in [1.165, 1.54) is 6.42 Å². The number of epoxide rings is 1. The first-order valence-electron chi connectivity index (χ1n) is 11.0. The Kier molecular flexibility index (Phi) is 5.65. The molecule has 158 valence electrons. The monoisotopic (exact) mass is 427 g/mol. The number of allylic oxidation sites excluding steroid dienone is 2. The van der Waals surface area contributed by atoms with Gasteiger partial charge in [-0.15, -0.1) is 0 Å². The second-order valence-corrected chi connectivity index (χ2v) is 9.28. The number of pyridine rings is 1. The van der Waals surface area contributed by atoms with E-state index in [9.17, 15) is 0 Å². The van der Waals surface area contributed by atoms with Crippen molar-refractivity contribution < 1.29 is 13.9 Å². The van der Waals surface area contributed by atoms with Crippen LogP contribution in [0.2, 0.25) is 5.02 Å². The van der Waals surface area contributed by atoms with E-state index in [-0.39, 0.29) is 16.9 Å². The van der Waals surface area contributed by atoms with Gasteiger partial charge in [0.25, 0.3) is 0 Å². The number of aromatic nitrogens is 1. The second-order valence-electron chi connectivity index (χ2n) is 8.90. The van der Waals surface area contributed by atoms with E-state index >= 15 is 4.39 Å². The number of ether oxygens (including phenoxy) is 2. The van der Waals surface area contributed by atoms with Crippen LogP contribution in [0.4, 0.5) is 4.39 Å². The van der Waals surface area contributed by atoms with E-state index in [1.807, 2.05) is 24.3 Å². The lowest BCUT2D eigenvalue weighted by molar-refractivity contribution is -0.0449. The van der Waals surface area contributed by atoms with Crippen molar-refractivity contribution in [2.45, 2.75) is 51.2 Å². The molecular weight excluding hydrogens is 401 g/mol. The third kappa shape index (κ3) is 4.05. The lowest BCUT2D eigenvalue weighted by Gasteiger charge is -2.34. The van der Waals surface area contributed by atoms with Crippen LogP contribution in [0.15, 0.2) is 36.5 Å². The summed E-state index contributed by atoms with van der Waals surface area (Å²) in [4.78, 5) is 4.43. The van der Waals surface area contributed by atoms with Crippen molar-refractivity contribution in [3.63, 3.8) is 0 Å². The van der Waals surface area contributed by atoms with Gasteiger partial charge >= 0.3 is 0 Å². The molecule has 3 nitrogen and oxygen atoms in total. The minimum Gasteiger partial charge on any atom is -0.378 e. The molecule has 0 radical (unpaired) electrons. The van der Waals surface area contributed by atoms with Crippen LogP contribution in [0.5, 0.6) is 0 Å². The van der Waals surface area contributed by atoms with Gasteiger partial charge in [-0.2, -0.15) is 0 Å². The molecule has 4 atom stereocenters. The third-order valence-electron chi connectivity index (χ3n) is 6.70. The largest absolute Gasteiger partial charge is 0.378 e. The number of nitrogens with zero attached hydrogens (tertiary/aromatic N) is 1. The van der Waals surface area contributed by atoms with Gasteiger partial charge in [-0.1, -0.05) is 42.8 Å². The van der Waals surface area contributed by atoms with Gasteiger partial charge in [0.15, 0.2) is 0 Å². The highest BCUT2D eigenvalue weighted by molar-refractivity contribution is 6.33. The van der Waals surface area contributed by atoms with Crippen molar-refractivity contribution in [1.82, 2.24) is 4.98 Å². The molecule has 0 saturated carbocycles. The van der Waals surface area contributed by atoms with Crippen molar-refractivity contribution in [3.8, 4) is 11.1 Å². The van der Waals surface area contributed by atoms with Gasteiger partial charge in [0.2, 0.25) is 0 Å². The summed E-state index contributed by atoms with van der Waals surface area (Å²) < 4.78 is 26.5. The molecule has 1 aromatic carbocycles. The fraction of sp³-hybridized carbons (Fsp3) is 0.480. The average Bonchev–Trinajstić information content (AvgIpc) is 3.62. The standard InChI is InChI=1S/C25H27ClFNO2/c1-15-2-11-22(29-13-15)17-5-3-16(4-6-17)20-9-8-19(24(26)25(20)27)18-7-10-21(28-12-18)23-14-30-23/h3,7-10,12,15,17,22-23H,2,4-6,11,13-14H2,1H3. The van der Waals surface area contributed by atoms with Gasteiger partial charge in [-0.3, -0.25) is 4.98 Å². The number of hydrogen-bond donors (Lipinski definition) is 0. The Labute approximate surface area is 182 Å². The molecule has 2 saturated heterocycles. The lowest BCUT2D eigenvalue weighted by Crippen LogP contribution is -2.31. The summed E-state index contributed by atoms with van der Waals surface area (Å²) in [6.07, 6.45) is 9.63. The highest BCUT2D eigenvalue weighted by atomic mass is 35.5. The van der Waals surface area contributed by atoms with Crippen LogP contribution >= 0.6 is 11.6 Å². The molecule has 3 aliphatic rings. The smallest absolute Gasteiger partial charge is 0.149 e. The molecular formula is C25H27ClFNO2. The van der Waals surface area contributed by atoms with Crippen molar-refractivity contribution in [1.29, 1.82) is 0 Å². The summed E-state index contributed by atoms with van der Waals surface area (Å²) in [5.74, 6) is 0.870. The van der Waals surface area contributed by atoms with Gasteiger partial charge in [-0.25, -0.2) is 4.39 Å². The molecule has 0 N–H and O–H groups in total. The Morgan fingerprint density at radius 1 is 1.03 bits per heavy atom. The quantitative estimate of drug-likeness (QED) is 0.515. The van der Waals surface area contributed by atoms with Crippen molar-refractivity contribution >= 4 is 17.2 Å². The molecule has 3 heterocycles. The lowest BCUT2D eigenvalue weighted by atomic mass is 9.80. The van der Waals surface area contributed by atoms with E-state index < -0.39 is 0 Å². The molecule has 30 heavy (non-hydrogen) atoms. The van der Waals surface area contributed by atoms with Gasteiger partial charge in [0, 0.05) is 29.5 Å². The molecule has 5 rings (SSSR count). The van der Waals surface area contributed by atoms with Crippen LogP contribution in [0.3, 0.4) is 0 Å². The molecule has 2 fully saturated rings. The molecule has 0 spiro atoms. The second kappa shape index (κ2) is 8.41. The van der Waals surface area contributed by atoms with Gasteiger partial charge in [0.1, 0.15) is 11.9 Å². The maximum atomic E-state index is 15.2. The van der Waals surface area contributed by atoms with E-state index in [0.29, 0.717) is 29.1 Å². The highest BCUT2D eigenvalue weighted by Crippen LogP contribution is 2.40. The molecule has 4 unspecified atom stereocenters. The Morgan fingerprint density at radius 2 is 1.87 bits per heavy atom. The van der Waals surface area contributed by atoms with E-state index in [1.54, 1.807) is 6.20 Å². The minimum absolute atomic E-state index is 0.109. The van der Waals surface area contributed by atoms with Crippen LogP contribution in [-0.2, 0) is 9.47 Å². The maximum absolute atomic E-state index is 15.2. The molecule has 0 amide bonds. The topological polar surface area (TPSA) is 34.7 Å². The fourth-order valence-electron chi connectivity index (χ4n) is 4.71. The van der Waals surface area contributed by atoms with Crippen LogP contribution in [0.25, 0.3) is 16.7 Å². The number of halogens is 2. The van der Waals surface area contributed by atoms with Crippen LogP contribution < -0.4 is 0 Å². The van der Waals surface area contributed by atoms with Crippen LogP contribution in [-0.4, -0.2) is 24.3 Å². The van der Waals surface area contributed by atoms with Crippen LogP contribution in [0.1, 0.15) is 56.4 Å². The predicted octanol–water partition coefficient (Wildman–Crippen LogP) is 6.61. The molecule has 2 aliphatic heterocycles. The van der Waals surface area contributed by atoms with Crippen LogP contribution in [0, 0.1) is 17.7 Å². The minimum atomic E-state index is -0.337. The first-order valence-corrected chi connectivity index (χ1v) is 11.3. The maximum Gasteiger partial charge on any atom is 0.149 e. The van der Waals surface area contributed by atoms with E-state index in [0.717, 1.165) is 55.7 Å². The summed E-state index contributed by atoms with van der Waals surface area (Å²) in [5.41, 5.74) is 4.08. The molecule has 5 heteroatoms. The summed E-state index contributed by atoms with van der Waals surface area (Å²) >= 11 is 6.46. The zero-order valence-electron chi connectivity index (χ0n) is 17.2. The molecule has 1 aliphatic carbocycles. The van der Waals surface area contributed by atoms with Crippen molar-refractivity contribution in [3.05, 3.63) is 58.6 Å². The predicted molar refractivity (Wildman–Crippen MR) is 117 cm³/mol. The number of hydrogen-bond acceptors (Lipinski definition) is 3. The SMILES string of the molecule is CC1CCC(C2CC=C(c3ccc(-c4ccc(C5CO5)nc4)c(Cl)c3F)CC2)OC1. The van der Waals surface area contributed by atoms with Gasteiger partial charge in [0.05, 0.1) is 23.4 Å². The molecule has 1 aromatic heterocycles. The Balaban J connectivity index is 1.32. The Bertz CT molecular complexity index is 946. The highest BCUT2D eigenvalue weighted by Gasteiger charge is 2.29. The Morgan fingerprint density at radius 3 is 2.50 bits per heavy atom. The van der Waals surface area contributed by atoms with Gasteiger partial charge in [-0.05, 0) is 55.6 Å².